The van der Waals surface area contributed by atoms with Gasteiger partial charge in [-0.15, -0.1) is 11.3 Å². The van der Waals surface area contributed by atoms with Crippen molar-refractivity contribution in [1.29, 1.82) is 0 Å². The fourth-order valence-electron chi connectivity index (χ4n) is 1.37. The van der Waals surface area contributed by atoms with Gasteiger partial charge in [-0.1, -0.05) is 0 Å². The van der Waals surface area contributed by atoms with Crippen LogP contribution in [0.5, 0.6) is 0 Å². The third kappa shape index (κ3) is 3.24. The lowest BCUT2D eigenvalue weighted by atomic mass is 10.4. The number of aromatic amines is 1. The molecule has 0 aliphatic rings. The molecular formula is C10H9BrN2O4S2. The summed E-state index contributed by atoms with van der Waals surface area (Å²) in [6, 6.07) is 2.88. The fourth-order valence-corrected chi connectivity index (χ4v) is 4.78. The van der Waals surface area contributed by atoms with Crippen LogP contribution in [0.4, 0.5) is 0 Å². The average molecular weight is 365 g/mol. The monoisotopic (exact) mass is 364 g/mol. The number of nitrogens with one attached hydrogen (secondary N) is 2. The smallest absolute Gasteiger partial charge is 0.345 e. The maximum atomic E-state index is 12.0. The van der Waals surface area contributed by atoms with E-state index in [2.05, 4.69) is 25.6 Å². The first kappa shape index (κ1) is 14.3. The molecule has 6 nitrogen and oxygen atoms in total. The maximum absolute atomic E-state index is 12.0. The summed E-state index contributed by atoms with van der Waals surface area (Å²) in [6.07, 6.45) is 3.36. The van der Waals surface area contributed by atoms with Gasteiger partial charge in [0.25, 0.3) is 0 Å². The van der Waals surface area contributed by atoms with Gasteiger partial charge in [0.05, 0.1) is 3.79 Å². The second kappa shape index (κ2) is 5.45. The number of carbonyl (C=O) groups is 1. The van der Waals surface area contributed by atoms with E-state index < -0.39 is 16.0 Å². The summed E-state index contributed by atoms with van der Waals surface area (Å²) in [5, 5.41) is 8.84. The fraction of sp³-hybridized carbons (Fsp3) is 0.100. The molecule has 0 atom stereocenters. The summed E-state index contributed by atoms with van der Waals surface area (Å²) in [5.41, 5.74) is 0.786. The summed E-state index contributed by atoms with van der Waals surface area (Å²) < 4.78 is 26.8. The quantitative estimate of drug-likeness (QED) is 0.755. The SMILES string of the molecule is O=C(O)c1cc(S(=O)(=O)NCc2cc[nH]c2)c(Br)s1. The molecule has 0 aliphatic carbocycles. The van der Waals surface area contributed by atoms with E-state index in [0.29, 0.717) is 0 Å². The highest BCUT2D eigenvalue weighted by Gasteiger charge is 2.22. The molecule has 9 heteroatoms. The predicted octanol–water partition coefficient (Wildman–Crippen LogP) is 2.02. The summed E-state index contributed by atoms with van der Waals surface area (Å²) in [4.78, 5) is 13.5. The minimum atomic E-state index is -3.74. The first-order valence-corrected chi connectivity index (χ1v) is 8.13. The van der Waals surface area contributed by atoms with Gasteiger partial charge in [0, 0.05) is 18.9 Å². The molecule has 19 heavy (non-hydrogen) atoms. The highest BCUT2D eigenvalue weighted by Crippen LogP contribution is 2.31. The van der Waals surface area contributed by atoms with Crippen molar-refractivity contribution in [1.82, 2.24) is 9.71 Å². The second-order valence-electron chi connectivity index (χ2n) is 3.60. The van der Waals surface area contributed by atoms with Crippen LogP contribution < -0.4 is 4.72 Å². The van der Waals surface area contributed by atoms with E-state index in [1.54, 1.807) is 18.5 Å². The molecule has 0 saturated heterocycles. The minimum Gasteiger partial charge on any atom is -0.477 e. The normalized spacial score (nSPS) is 11.6. The van der Waals surface area contributed by atoms with Crippen LogP contribution in [0.25, 0.3) is 0 Å². The number of aromatic nitrogens is 1. The van der Waals surface area contributed by atoms with Crippen molar-refractivity contribution in [2.45, 2.75) is 11.4 Å². The van der Waals surface area contributed by atoms with Crippen LogP contribution in [0.15, 0.2) is 33.2 Å². The topological polar surface area (TPSA) is 99.3 Å². The first-order chi connectivity index (χ1) is 8.90. The number of hydrogen-bond donors (Lipinski definition) is 3. The Morgan fingerprint density at radius 2 is 2.26 bits per heavy atom. The molecule has 102 valence electrons. The largest absolute Gasteiger partial charge is 0.477 e. The van der Waals surface area contributed by atoms with Gasteiger partial charge < -0.3 is 10.1 Å². The molecule has 0 fully saturated rings. The number of carboxylic acid groups (broad SMARTS) is 1. The number of aromatic carboxylic acids is 1. The molecule has 2 heterocycles. The van der Waals surface area contributed by atoms with Crippen molar-refractivity contribution in [3.63, 3.8) is 0 Å². The highest BCUT2D eigenvalue weighted by molar-refractivity contribution is 9.11. The van der Waals surface area contributed by atoms with Gasteiger partial charge in [-0.05, 0) is 33.6 Å². The first-order valence-electron chi connectivity index (χ1n) is 5.04. The number of thiophene rings is 1. The Labute approximate surface area is 121 Å². The number of halogens is 1. The lowest BCUT2D eigenvalue weighted by Crippen LogP contribution is -2.22. The predicted molar refractivity (Wildman–Crippen MR) is 73.8 cm³/mol. The van der Waals surface area contributed by atoms with Gasteiger partial charge in [-0.25, -0.2) is 17.9 Å². The van der Waals surface area contributed by atoms with E-state index in [-0.39, 0.29) is 20.1 Å². The summed E-state index contributed by atoms with van der Waals surface area (Å²) in [6.45, 7) is 0.135. The molecule has 2 aromatic rings. The molecule has 0 saturated carbocycles. The van der Waals surface area contributed by atoms with Crippen LogP contribution in [0, 0.1) is 0 Å². The zero-order valence-corrected chi connectivity index (χ0v) is 12.6. The van der Waals surface area contributed by atoms with Gasteiger partial charge in [-0.3, -0.25) is 0 Å². The van der Waals surface area contributed by atoms with Crippen LogP contribution in [0.1, 0.15) is 15.2 Å². The minimum absolute atomic E-state index is 0.0334. The van der Waals surface area contributed by atoms with E-state index in [1.165, 1.54) is 0 Å². The molecule has 2 rings (SSSR count). The Bertz CT molecular complexity index is 691. The molecule has 0 aromatic carbocycles. The van der Waals surface area contributed by atoms with Crippen molar-refractivity contribution < 1.29 is 18.3 Å². The number of hydrogen-bond acceptors (Lipinski definition) is 4. The molecule has 0 unspecified atom stereocenters. The third-order valence-corrected chi connectivity index (χ3v) is 5.93. The number of rotatable bonds is 5. The molecule has 2 aromatic heterocycles. The Hall–Kier alpha value is -1.16. The van der Waals surface area contributed by atoms with Gasteiger partial charge in [0.1, 0.15) is 9.77 Å². The zero-order chi connectivity index (χ0) is 14.0. The lowest BCUT2D eigenvalue weighted by Gasteiger charge is -2.04. The molecule has 0 radical (unpaired) electrons. The maximum Gasteiger partial charge on any atom is 0.345 e. The Balaban J connectivity index is 2.22. The van der Waals surface area contributed by atoms with E-state index in [0.717, 1.165) is 23.0 Å². The van der Waals surface area contributed by atoms with Crippen molar-refractivity contribution in [3.8, 4) is 0 Å². The Morgan fingerprint density at radius 1 is 1.53 bits per heavy atom. The van der Waals surface area contributed by atoms with Crippen LogP contribution in [-0.4, -0.2) is 24.5 Å². The van der Waals surface area contributed by atoms with Crippen molar-refractivity contribution in [2.75, 3.05) is 0 Å². The third-order valence-electron chi connectivity index (χ3n) is 2.28. The standard InChI is InChI=1S/C10H9BrN2O4S2/c11-9-8(3-7(18-9)10(14)15)19(16,17)13-5-6-1-2-12-4-6/h1-4,12-13H,5H2,(H,14,15). The molecule has 0 bridgehead atoms. The van der Waals surface area contributed by atoms with E-state index in [4.69, 9.17) is 5.11 Å². The summed E-state index contributed by atoms with van der Waals surface area (Å²) >= 11 is 3.93. The molecule has 3 N–H and O–H groups in total. The van der Waals surface area contributed by atoms with E-state index in [1.807, 2.05) is 0 Å². The summed E-state index contributed by atoms with van der Waals surface area (Å²) in [7, 11) is -3.74. The average Bonchev–Trinajstić information content (AvgIpc) is 2.95. The Morgan fingerprint density at radius 3 is 2.79 bits per heavy atom. The van der Waals surface area contributed by atoms with Crippen LogP contribution in [-0.2, 0) is 16.6 Å². The van der Waals surface area contributed by atoms with E-state index in [9.17, 15) is 13.2 Å². The van der Waals surface area contributed by atoms with Gasteiger partial charge >= 0.3 is 5.97 Å². The number of sulfonamides is 1. The second-order valence-corrected chi connectivity index (χ2v) is 7.70. The van der Waals surface area contributed by atoms with Crippen LogP contribution >= 0.6 is 27.3 Å². The Kier molecular flexibility index (Phi) is 4.09. The molecular weight excluding hydrogens is 356 g/mol. The van der Waals surface area contributed by atoms with Gasteiger partial charge in [0.15, 0.2) is 0 Å². The number of H-pyrrole nitrogens is 1. The molecule has 0 aliphatic heterocycles. The van der Waals surface area contributed by atoms with Crippen molar-refractivity contribution in [3.05, 3.63) is 38.8 Å². The van der Waals surface area contributed by atoms with Gasteiger partial charge in [0.2, 0.25) is 10.0 Å². The van der Waals surface area contributed by atoms with Crippen molar-refractivity contribution >= 4 is 43.3 Å². The van der Waals surface area contributed by atoms with Crippen LogP contribution in [0.2, 0.25) is 0 Å². The van der Waals surface area contributed by atoms with E-state index >= 15 is 0 Å². The highest BCUT2D eigenvalue weighted by atomic mass is 79.9. The van der Waals surface area contributed by atoms with Crippen molar-refractivity contribution in [2.24, 2.45) is 0 Å². The molecule has 0 amide bonds. The zero-order valence-electron chi connectivity index (χ0n) is 9.38. The lowest BCUT2D eigenvalue weighted by molar-refractivity contribution is 0.0702. The number of carboxylic acids is 1. The summed E-state index contributed by atoms with van der Waals surface area (Å²) in [5.74, 6) is -1.15. The molecule has 0 spiro atoms. The van der Waals surface area contributed by atoms with Crippen LogP contribution in [0.3, 0.4) is 0 Å². The van der Waals surface area contributed by atoms with Gasteiger partial charge in [-0.2, -0.15) is 0 Å².